The molecule has 1 aliphatic carbocycles. The summed E-state index contributed by atoms with van der Waals surface area (Å²) < 4.78 is 0. The third-order valence-electron chi connectivity index (χ3n) is 9.98. The molecule has 2 aliphatic rings. The fraction of sp³-hybridized carbons (Fsp3) is 0.667. The molecule has 20 nitrogen and oxygen atoms in total. The van der Waals surface area contributed by atoms with Gasteiger partial charge in [0.2, 0.25) is 29.5 Å². The van der Waals surface area contributed by atoms with Gasteiger partial charge in [0.05, 0.1) is 24.4 Å². The highest BCUT2D eigenvalue weighted by Gasteiger charge is 2.37. The van der Waals surface area contributed by atoms with E-state index in [1.165, 1.54) is 11.8 Å². The Kier molecular flexibility index (Phi) is 20.2. The van der Waals surface area contributed by atoms with Gasteiger partial charge in [-0.15, -0.1) is 0 Å². The zero-order valence-electron chi connectivity index (χ0n) is 34.3. The lowest BCUT2D eigenvalue weighted by Gasteiger charge is -2.33. The number of nitrogens with two attached hydrogens (primary N) is 1. The van der Waals surface area contributed by atoms with Crippen LogP contribution in [0.25, 0.3) is 0 Å². The largest absolute Gasteiger partial charge is 0.481 e. The van der Waals surface area contributed by atoms with Gasteiger partial charge in [0.1, 0.15) is 24.2 Å². The minimum atomic E-state index is -2.05. The number of nitrogens with zero attached hydrogens (tertiary/aromatic N) is 1. The summed E-state index contributed by atoms with van der Waals surface area (Å²) in [5.41, 5.74) is 6.58. The summed E-state index contributed by atoms with van der Waals surface area (Å²) in [6, 6.07) is -7.99. The second-order valence-corrected chi connectivity index (χ2v) is 15.9. The molecule has 1 unspecified atom stereocenters. The van der Waals surface area contributed by atoms with Crippen LogP contribution in [0.5, 0.6) is 0 Å². The van der Waals surface area contributed by atoms with Gasteiger partial charge in [-0.3, -0.25) is 43.2 Å². The number of nitrogens with one attached hydrogen (secondary N) is 5. The van der Waals surface area contributed by atoms with E-state index in [9.17, 15) is 58.5 Å². The van der Waals surface area contributed by atoms with Crippen LogP contribution in [-0.2, 0) is 43.2 Å². The number of carbonyl (C=O) groups excluding carboxylic acids is 6. The van der Waals surface area contributed by atoms with Crippen molar-refractivity contribution in [1.29, 1.82) is 0 Å². The van der Waals surface area contributed by atoms with Gasteiger partial charge in [-0.1, -0.05) is 51.5 Å². The lowest BCUT2D eigenvalue weighted by atomic mass is 9.93. The van der Waals surface area contributed by atoms with Gasteiger partial charge in [-0.25, -0.2) is 0 Å². The van der Waals surface area contributed by atoms with Crippen LogP contribution in [0.1, 0.15) is 92.4 Å². The smallest absolute Gasteiger partial charge is 0.308 e. The number of aliphatic carboxylic acids is 3. The highest BCUT2D eigenvalue weighted by Crippen LogP contribution is 2.20. The Morgan fingerprint density at radius 2 is 1.46 bits per heavy atom. The molecule has 20 heteroatoms. The van der Waals surface area contributed by atoms with Gasteiger partial charge < -0.3 is 57.6 Å². The SMILES string of the molecule is CC(C)C[C@H](NC(=O)[C@@H](NC(=O)[C@@H](N)CCC(=O)O)C(C)C)C(=O)N[C@@H](CC1=CC=CCC1)[C@@H](O)C(=O)N[C@@H](CC(=O)O)C(=O)N[C@@H](C)C(=O)N1CCCC(C(=O)O)C1. The summed E-state index contributed by atoms with van der Waals surface area (Å²) in [5, 5.41) is 51.7. The number of aliphatic hydroxyl groups excluding tert-OH is 1. The molecular formula is C39H61N7O13. The van der Waals surface area contributed by atoms with E-state index in [4.69, 9.17) is 10.8 Å². The lowest BCUT2D eigenvalue weighted by molar-refractivity contribution is -0.147. The molecule has 0 saturated carbocycles. The quantitative estimate of drug-likeness (QED) is 0.0600. The van der Waals surface area contributed by atoms with E-state index in [-0.39, 0.29) is 44.7 Å². The maximum atomic E-state index is 13.9. The number of allylic oxidation sites excluding steroid dienone is 3. The van der Waals surface area contributed by atoms with Crippen LogP contribution in [0.15, 0.2) is 23.8 Å². The zero-order valence-corrected chi connectivity index (χ0v) is 34.3. The number of carbonyl (C=O) groups is 9. The number of carboxylic acid groups (broad SMARTS) is 3. The molecule has 8 atom stereocenters. The summed E-state index contributed by atoms with van der Waals surface area (Å²) in [7, 11) is 0. The van der Waals surface area contributed by atoms with Crippen molar-refractivity contribution in [2.24, 2.45) is 23.5 Å². The fourth-order valence-corrected chi connectivity index (χ4v) is 6.65. The Hall–Kier alpha value is -5.37. The average molecular weight is 836 g/mol. The van der Waals surface area contributed by atoms with Gasteiger partial charge in [-0.05, 0) is 63.7 Å². The van der Waals surface area contributed by atoms with Crippen molar-refractivity contribution in [3.63, 3.8) is 0 Å². The summed E-state index contributed by atoms with van der Waals surface area (Å²) in [5.74, 6) is -10.3. The number of rotatable bonds is 23. The molecule has 0 radical (unpaired) electrons. The van der Waals surface area contributed by atoms with Gasteiger partial charge in [-0.2, -0.15) is 0 Å². The van der Waals surface area contributed by atoms with Crippen LogP contribution >= 0.6 is 0 Å². The molecule has 0 aromatic heterocycles. The Morgan fingerprint density at radius 1 is 0.814 bits per heavy atom. The minimum absolute atomic E-state index is 0.0551. The van der Waals surface area contributed by atoms with Crippen molar-refractivity contribution in [3.05, 3.63) is 23.8 Å². The highest BCUT2D eigenvalue weighted by atomic mass is 16.4. The number of carboxylic acids is 3. The van der Waals surface area contributed by atoms with Crippen molar-refractivity contribution < 1.29 is 63.6 Å². The number of aliphatic hydroxyl groups is 1. The first-order chi connectivity index (χ1) is 27.6. The number of hydrogen-bond donors (Lipinski definition) is 10. The van der Waals surface area contributed by atoms with Crippen LogP contribution in [0.2, 0.25) is 0 Å². The highest BCUT2D eigenvalue weighted by molar-refractivity contribution is 5.96. The van der Waals surface area contributed by atoms with E-state index in [2.05, 4.69) is 26.6 Å². The molecule has 1 heterocycles. The average Bonchev–Trinajstić information content (AvgIpc) is 3.17. The Bertz CT molecular complexity index is 1610. The molecule has 1 aliphatic heterocycles. The molecule has 1 fully saturated rings. The van der Waals surface area contributed by atoms with Crippen molar-refractivity contribution in [2.75, 3.05) is 13.1 Å². The molecule has 0 aromatic rings. The first-order valence-corrected chi connectivity index (χ1v) is 19.9. The fourth-order valence-electron chi connectivity index (χ4n) is 6.65. The van der Waals surface area contributed by atoms with Crippen LogP contribution in [0.3, 0.4) is 0 Å². The second kappa shape index (κ2) is 23.9. The van der Waals surface area contributed by atoms with E-state index in [0.717, 1.165) is 5.57 Å². The Balaban J connectivity index is 2.29. The van der Waals surface area contributed by atoms with Gasteiger partial charge in [0.15, 0.2) is 6.10 Å². The summed E-state index contributed by atoms with van der Waals surface area (Å²) >= 11 is 0. The number of piperidine rings is 1. The van der Waals surface area contributed by atoms with Crippen molar-refractivity contribution in [3.8, 4) is 0 Å². The van der Waals surface area contributed by atoms with Crippen LogP contribution in [0.4, 0.5) is 0 Å². The Labute approximate surface area is 343 Å². The molecule has 0 spiro atoms. The molecular weight excluding hydrogens is 774 g/mol. The molecule has 6 amide bonds. The minimum Gasteiger partial charge on any atom is -0.481 e. The normalized spacial score (nSPS) is 18.8. The number of hydrogen-bond acceptors (Lipinski definition) is 11. The second-order valence-electron chi connectivity index (χ2n) is 15.9. The van der Waals surface area contributed by atoms with Crippen LogP contribution in [-0.4, -0.2) is 134 Å². The van der Waals surface area contributed by atoms with Crippen LogP contribution < -0.4 is 32.3 Å². The van der Waals surface area contributed by atoms with E-state index in [0.29, 0.717) is 25.7 Å². The van der Waals surface area contributed by atoms with E-state index in [1.807, 2.05) is 6.08 Å². The predicted molar refractivity (Wildman–Crippen MR) is 211 cm³/mol. The topological polar surface area (TPSA) is 324 Å². The third-order valence-corrected chi connectivity index (χ3v) is 9.98. The first-order valence-electron chi connectivity index (χ1n) is 19.9. The molecule has 11 N–H and O–H groups in total. The van der Waals surface area contributed by atoms with E-state index in [1.54, 1.807) is 39.8 Å². The maximum Gasteiger partial charge on any atom is 0.308 e. The van der Waals surface area contributed by atoms with Crippen molar-refractivity contribution >= 4 is 53.4 Å². The first kappa shape index (κ1) is 49.8. The summed E-state index contributed by atoms with van der Waals surface area (Å²) in [6.07, 6.45) is 3.86. The van der Waals surface area contributed by atoms with Crippen LogP contribution in [0, 0.1) is 17.8 Å². The zero-order chi connectivity index (χ0) is 44.6. The van der Waals surface area contributed by atoms with Crippen molar-refractivity contribution in [1.82, 2.24) is 31.5 Å². The third kappa shape index (κ3) is 16.8. The van der Waals surface area contributed by atoms with Gasteiger partial charge >= 0.3 is 17.9 Å². The molecule has 0 aromatic carbocycles. The molecule has 59 heavy (non-hydrogen) atoms. The van der Waals surface area contributed by atoms with Gasteiger partial charge in [0.25, 0.3) is 5.91 Å². The Morgan fingerprint density at radius 3 is 2.02 bits per heavy atom. The van der Waals surface area contributed by atoms with E-state index >= 15 is 0 Å². The summed E-state index contributed by atoms with van der Waals surface area (Å²) in [4.78, 5) is 116. The molecule has 1 saturated heterocycles. The molecule has 0 bridgehead atoms. The monoisotopic (exact) mass is 835 g/mol. The number of amides is 6. The lowest BCUT2D eigenvalue weighted by Crippen LogP contribution is -2.60. The molecule has 2 rings (SSSR count). The van der Waals surface area contributed by atoms with Gasteiger partial charge in [0, 0.05) is 19.5 Å². The maximum absolute atomic E-state index is 13.9. The molecule has 330 valence electrons. The standard InChI is InChI=1S/C39H61N7O13/c1-20(2)16-27(43-36(55)31(21(3)4)45-33(52)25(40)13-14-29(47)48)35(54)42-26(17-23-10-7-6-8-11-23)32(51)37(56)44-28(18-30(49)50)34(53)41-22(5)38(57)46-15-9-12-24(19-46)39(58)59/h6-7,10,20-22,24-28,31-32,51H,8-9,11-19,40H2,1-5H3,(H,41,53)(H,42,54)(H,43,55)(H,44,56)(H,45,52)(H,47,48)(H,49,50)(H,58,59)/t22-,24?,25-,26-,27-,28-,31-,32+/m0/s1. The van der Waals surface area contributed by atoms with Crippen molar-refractivity contribution in [2.45, 2.75) is 135 Å². The summed E-state index contributed by atoms with van der Waals surface area (Å²) in [6.45, 7) is 8.37. The van der Waals surface area contributed by atoms with E-state index < -0.39 is 114 Å². The predicted octanol–water partition coefficient (Wildman–Crippen LogP) is -0.850. The number of likely N-dealkylation sites (tertiary alicyclic amines) is 1.